The second kappa shape index (κ2) is 6.30. The number of ether oxygens (including phenoxy) is 1. The summed E-state index contributed by atoms with van der Waals surface area (Å²) in [6.07, 6.45) is 1.26. The van der Waals surface area contributed by atoms with E-state index in [1.807, 2.05) is 6.92 Å². The maximum atomic E-state index is 10.7. The minimum absolute atomic E-state index is 0.0177. The van der Waals surface area contributed by atoms with Gasteiger partial charge in [0.05, 0.1) is 16.0 Å². The molecule has 2 rings (SSSR count). The van der Waals surface area contributed by atoms with Crippen LogP contribution in [0.5, 0.6) is 0 Å². The first-order valence-electron chi connectivity index (χ1n) is 7.14. The van der Waals surface area contributed by atoms with Crippen LogP contribution in [-0.4, -0.2) is 23.7 Å². The zero-order chi connectivity index (χ0) is 15.6. The molecule has 116 valence electrons. The van der Waals surface area contributed by atoms with Crippen LogP contribution in [0, 0.1) is 15.5 Å². The number of benzene rings is 1. The van der Waals surface area contributed by atoms with Crippen molar-refractivity contribution in [3.63, 3.8) is 0 Å². The fraction of sp³-hybridized carbons (Fsp3) is 0.600. The SMILES string of the molecule is CCOC1CC(NCc2ccc([N+](=O)[O-])cc2Cl)C1(C)C. The van der Waals surface area contributed by atoms with Crippen molar-refractivity contribution in [2.24, 2.45) is 5.41 Å². The summed E-state index contributed by atoms with van der Waals surface area (Å²) in [5, 5.41) is 14.6. The topological polar surface area (TPSA) is 64.4 Å². The van der Waals surface area contributed by atoms with Gasteiger partial charge in [-0.2, -0.15) is 0 Å². The number of nitrogens with zero attached hydrogens (tertiary/aromatic N) is 1. The fourth-order valence-electron chi connectivity index (χ4n) is 2.74. The number of nitrogens with one attached hydrogen (secondary N) is 1. The average molecular weight is 313 g/mol. The van der Waals surface area contributed by atoms with E-state index in [1.165, 1.54) is 12.1 Å². The van der Waals surface area contributed by atoms with Gasteiger partial charge in [-0.3, -0.25) is 10.1 Å². The highest BCUT2D eigenvalue weighted by Crippen LogP contribution is 2.42. The molecule has 6 heteroatoms. The van der Waals surface area contributed by atoms with Gasteiger partial charge in [0, 0.05) is 36.7 Å². The molecule has 0 spiro atoms. The zero-order valence-corrected chi connectivity index (χ0v) is 13.3. The third-order valence-corrected chi connectivity index (χ3v) is 4.68. The Bertz CT molecular complexity index is 534. The maximum Gasteiger partial charge on any atom is 0.270 e. The highest BCUT2D eigenvalue weighted by Gasteiger charge is 2.48. The van der Waals surface area contributed by atoms with Gasteiger partial charge < -0.3 is 10.1 Å². The first-order valence-corrected chi connectivity index (χ1v) is 7.51. The smallest absolute Gasteiger partial charge is 0.270 e. The fourth-order valence-corrected chi connectivity index (χ4v) is 2.98. The second-order valence-corrected chi connectivity index (χ2v) is 6.37. The number of halogens is 1. The molecular weight excluding hydrogens is 292 g/mol. The number of non-ortho nitro benzene ring substituents is 1. The molecule has 0 aromatic heterocycles. The summed E-state index contributed by atoms with van der Waals surface area (Å²) in [5.41, 5.74) is 0.977. The summed E-state index contributed by atoms with van der Waals surface area (Å²) >= 11 is 6.10. The van der Waals surface area contributed by atoms with Crippen molar-refractivity contribution in [1.82, 2.24) is 5.32 Å². The van der Waals surface area contributed by atoms with E-state index in [0.717, 1.165) is 18.6 Å². The lowest BCUT2D eigenvalue weighted by molar-refractivity contribution is -0.384. The van der Waals surface area contributed by atoms with Gasteiger partial charge in [0.25, 0.3) is 5.69 Å². The van der Waals surface area contributed by atoms with Gasteiger partial charge in [-0.05, 0) is 25.0 Å². The van der Waals surface area contributed by atoms with Gasteiger partial charge in [-0.25, -0.2) is 0 Å². The molecule has 0 bridgehead atoms. The Hall–Kier alpha value is -1.17. The average Bonchev–Trinajstić information content (AvgIpc) is 2.43. The molecule has 21 heavy (non-hydrogen) atoms. The molecule has 0 amide bonds. The van der Waals surface area contributed by atoms with E-state index in [4.69, 9.17) is 16.3 Å². The predicted molar refractivity (Wildman–Crippen MR) is 82.5 cm³/mol. The monoisotopic (exact) mass is 312 g/mol. The van der Waals surface area contributed by atoms with Crippen molar-refractivity contribution in [1.29, 1.82) is 0 Å². The minimum atomic E-state index is -0.440. The highest BCUT2D eigenvalue weighted by molar-refractivity contribution is 6.31. The van der Waals surface area contributed by atoms with E-state index < -0.39 is 4.92 Å². The van der Waals surface area contributed by atoms with Crippen molar-refractivity contribution in [2.45, 2.75) is 45.9 Å². The molecule has 2 unspecified atom stereocenters. The standard InChI is InChI=1S/C15H21ClN2O3/c1-4-21-14-8-13(15(14,2)3)17-9-10-5-6-11(18(19)20)7-12(10)16/h5-7,13-14,17H,4,8-9H2,1-3H3. The summed E-state index contributed by atoms with van der Waals surface area (Å²) in [5.74, 6) is 0. The molecule has 0 radical (unpaired) electrons. The van der Waals surface area contributed by atoms with Crippen LogP contribution in [0.3, 0.4) is 0 Å². The Morgan fingerprint density at radius 3 is 2.76 bits per heavy atom. The molecule has 1 fully saturated rings. The summed E-state index contributed by atoms with van der Waals surface area (Å²) in [6, 6.07) is 4.95. The molecule has 0 saturated heterocycles. The van der Waals surface area contributed by atoms with Crippen LogP contribution in [0.15, 0.2) is 18.2 Å². The van der Waals surface area contributed by atoms with E-state index in [0.29, 0.717) is 17.6 Å². The summed E-state index contributed by atoms with van der Waals surface area (Å²) in [4.78, 5) is 10.2. The number of rotatable bonds is 6. The van der Waals surface area contributed by atoms with E-state index >= 15 is 0 Å². The van der Waals surface area contributed by atoms with E-state index in [2.05, 4.69) is 19.2 Å². The van der Waals surface area contributed by atoms with Crippen LogP contribution in [0.25, 0.3) is 0 Å². The van der Waals surface area contributed by atoms with E-state index in [9.17, 15) is 10.1 Å². The van der Waals surface area contributed by atoms with Crippen molar-refractivity contribution in [3.05, 3.63) is 38.9 Å². The Morgan fingerprint density at radius 2 is 2.24 bits per heavy atom. The second-order valence-electron chi connectivity index (χ2n) is 5.97. The Labute approximate surface area is 129 Å². The van der Waals surface area contributed by atoms with Crippen LogP contribution in [0.1, 0.15) is 32.8 Å². The maximum absolute atomic E-state index is 10.7. The number of hydrogen-bond donors (Lipinski definition) is 1. The summed E-state index contributed by atoms with van der Waals surface area (Å²) in [6.45, 7) is 7.71. The third kappa shape index (κ3) is 3.36. The summed E-state index contributed by atoms with van der Waals surface area (Å²) in [7, 11) is 0. The molecule has 1 aromatic carbocycles. The quantitative estimate of drug-likeness (QED) is 0.644. The minimum Gasteiger partial charge on any atom is -0.378 e. The van der Waals surface area contributed by atoms with E-state index in [-0.39, 0.29) is 17.2 Å². The lowest BCUT2D eigenvalue weighted by Crippen LogP contribution is -2.60. The van der Waals surface area contributed by atoms with Crippen LogP contribution in [0.4, 0.5) is 5.69 Å². The number of nitro benzene ring substituents is 1. The number of nitro groups is 1. The van der Waals surface area contributed by atoms with Crippen molar-refractivity contribution in [2.75, 3.05) is 6.61 Å². The normalized spacial score (nSPS) is 23.6. The van der Waals surface area contributed by atoms with Crippen LogP contribution < -0.4 is 5.32 Å². The molecule has 2 atom stereocenters. The lowest BCUT2D eigenvalue weighted by Gasteiger charge is -2.52. The van der Waals surface area contributed by atoms with Crippen molar-refractivity contribution < 1.29 is 9.66 Å². The molecule has 1 aliphatic carbocycles. The van der Waals surface area contributed by atoms with Crippen LogP contribution >= 0.6 is 11.6 Å². The molecule has 5 nitrogen and oxygen atoms in total. The molecule has 0 heterocycles. The van der Waals surface area contributed by atoms with Crippen LogP contribution in [-0.2, 0) is 11.3 Å². The summed E-state index contributed by atoms with van der Waals surface area (Å²) < 4.78 is 5.70. The largest absolute Gasteiger partial charge is 0.378 e. The van der Waals surface area contributed by atoms with Gasteiger partial charge in [-0.15, -0.1) is 0 Å². The number of hydrogen-bond acceptors (Lipinski definition) is 4. The van der Waals surface area contributed by atoms with Crippen molar-refractivity contribution in [3.8, 4) is 0 Å². The molecule has 1 N–H and O–H groups in total. The van der Waals surface area contributed by atoms with Gasteiger partial charge in [0.1, 0.15) is 0 Å². The van der Waals surface area contributed by atoms with Gasteiger partial charge >= 0.3 is 0 Å². The Kier molecular flexibility index (Phi) is 4.86. The molecule has 1 saturated carbocycles. The van der Waals surface area contributed by atoms with Crippen molar-refractivity contribution >= 4 is 17.3 Å². The van der Waals surface area contributed by atoms with E-state index in [1.54, 1.807) is 6.07 Å². The first kappa shape index (κ1) is 16.2. The predicted octanol–water partition coefficient (Wildman–Crippen LogP) is 3.54. The van der Waals surface area contributed by atoms with Gasteiger partial charge in [-0.1, -0.05) is 25.4 Å². The van der Waals surface area contributed by atoms with Gasteiger partial charge in [0.15, 0.2) is 0 Å². The molecule has 1 aromatic rings. The molecule has 0 aliphatic heterocycles. The highest BCUT2D eigenvalue weighted by atomic mass is 35.5. The lowest BCUT2D eigenvalue weighted by atomic mass is 9.64. The zero-order valence-electron chi connectivity index (χ0n) is 12.6. The first-order chi connectivity index (χ1) is 9.86. The Balaban J connectivity index is 1.94. The Morgan fingerprint density at radius 1 is 1.52 bits per heavy atom. The van der Waals surface area contributed by atoms with Crippen LogP contribution in [0.2, 0.25) is 5.02 Å². The molecule has 1 aliphatic rings. The van der Waals surface area contributed by atoms with Gasteiger partial charge in [0.2, 0.25) is 0 Å². The third-order valence-electron chi connectivity index (χ3n) is 4.33. The molecular formula is C15H21ClN2O3.